The lowest BCUT2D eigenvalue weighted by Gasteiger charge is -2.05. The molecular formula is C35H68O2. The molecule has 220 valence electrons. The lowest BCUT2D eigenvalue weighted by atomic mass is 10.0. The number of hydrogen-bond acceptors (Lipinski definition) is 2. The van der Waals surface area contributed by atoms with Crippen LogP contribution in [0.4, 0.5) is 0 Å². The number of hydrogen-bond donors (Lipinski definition) is 0. The summed E-state index contributed by atoms with van der Waals surface area (Å²) in [6.07, 6.45) is 40.0. The van der Waals surface area contributed by atoms with Gasteiger partial charge in [-0.3, -0.25) is 4.79 Å². The molecule has 0 fully saturated rings. The Morgan fingerprint density at radius 1 is 0.432 bits per heavy atom. The molecule has 0 spiro atoms. The maximum absolute atomic E-state index is 11.5. The minimum Gasteiger partial charge on any atom is -0.385 e. The topological polar surface area (TPSA) is 26.3 Å². The van der Waals surface area contributed by atoms with E-state index in [1.54, 1.807) is 7.11 Å². The van der Waals surface area contributed by atoms with Crippen molar-refractivity contribution in [1.29, 1.82) is 0 Å². The molecule has 0 amide bonds. The molecule has 0 N–H and O–H groups in total. The van der Waals surface area contributed by atoms with Crippen molar-refractivity contribution in [1.82, 2.24) is 0 Å². The van der Waals surface area contributed by atoms with Crippen molar-refractivity contribution in [3.05, 3.63) is 12.2 Å². The summed E-state index contributed by atoms with van der Waals surface area (Å²) in [6.45, 7) is 6.48. The Balaban J connectivity index is 3.05. The normalized spacial score (nSPS) is 11.3. The van der Waals surface area contributed by atoms with Crippen molar-refractivity contribution in [2.45, 2.75) is 193 Å². The van der Waals surface area contributed by atoms with Gasteiger partial charge in [-0.25, -0.2) is 0 Å². The molecule has 0 aromatic carbocycles. The van der Waals surface area contributed by atoms with E-state index in [2.05, 4.69) is 6.58 Å². The average Bonchev–Trinajstić information content (AvgIpc) is 2.89. The average molecular weight is 521 g/mol. The van der Waals surface area contributed by atoms with Crippen LogP contribution in [-0.4, -0.2) is 19.5 Å². The Bertz CT molecular complexity index is 470. The smallest absolute Gasteiger partial charge is 0.157 e. The molecule has 0 heterocycles. The van der Waals surface area contributed by atoms with Gasteiger partial charge in [0.1, 0.15) is 0 Å². The number of unbranched alkanes of at least 4 members (excludes halogenated alkanes) is 27. The largest absolute Gasteiger partial charge is 0.385 e. The van der Waals surface area contributed by atoms with E-state index in [1.165, 1.54) is 173 Å². The van der Waals surface area contributed by atoms with Crippen LogP contribution < -0.4 is 0 Å². The molecule has 0 aromatic heterocycles. The second kappa shape index (κ2) is 31.6. The Morgan fingerprint density at radius 2 is 0.649 bits per heavy atom. The number of Topliss-reactive ketones (excluding diaryl/α,β-unsaturated/α-hetero) is 1. The predicted octanol–water partition coefficient (Wildman–Crippen LogP) is 12.1. The van der Waals surface area contributed by atoms with E-state index < -0.39 is 0 Å². The third-order valence-corrected chi connectivity index (χ3v) is 7.98. The van der Waals surface area contributed by atoms with Crippen LogP contribution in [0.1, 0.15) is 193 Å². The summed E-state index contributed by atoms with van der Waals surface area (Å²) in [6, 6.07) is 0. The first-order chi connectivity index (χ1) is 18.2. The van der Waals surface area contributed by atoms with Crippen molar-refractivity contribution in [3.8, 4) is 0 Å². The fourth-order valence-corrected chi connectivity index (χ4v) is 5.34. The summed E-state index contributed by atoms with van der Waals surface area (Å²) >= 11 is 0. The Kier molecular flexibility index (Phi) is 31.0. The zero-order chi connectivity index (χ0) is 27.1. The van der Waals surface area contributed by atoms with Gasteiger partial charge in [-0.2, -0.15) is 0 Å². The standard InChI is InChI=1S/C35H68O2/c1-34(2)35(36)32-30-28-26-24-22-20-18-16-14-12-10-8-6-4-5-7-9-11-13-15-17-19-21-23-25-27-29-31-33-37-3/h1,4-33H2,2-3H3. The van der Waals surface area contributed by atoms with Gasteiger partial charge >= 0.3 is 0 Å². The maximum Gasteiger partial charge on any atom is 0.157 e. The third-order valence-electron chi connectivity index (χ3n) is 7.98. The van der Waals surface area contributed by atoms with Crippen LogP contribution in [0.5, 0.6) is 0 Å². The van der Waals surface area contributed by atoms with Crippen molar-refractivity contribution in [3.63, 3.8) is 0 Å². The number of carbonyl (C=O) groups is 1. The summed E-state index contributed by atoms with van der Waals surface area (Å²) in [4.78, 5) is 11.5. The Labute approximate surface area is 234 Å². The monoisotopic (exact) mass is 521 g/mol. The van der Waals surface area contributed by atoms with Crippen LogP contribution in [0.3, 0.4) is 0 Å². The molecule has 0 saturated carbocycles. The van der Waals surface area contributed by atoms with Crippen LogP contribution in [0.25, 0.3) is 0 Å². The van der Waals surface area contributed by atoms with Crippen LogP contribution in [0, 0.1) is 0 Å². The van der Waals surface area contributed by atoms with Crippen molar-refractivity contribution in [2.24, 2.45) is 0 Å². The zero-order valence-electron chi connectivity index (χ0n) is 25.7. The first-order valence-electron chi connectivity index (χ1n) is 16.9. The molecule has 0 aliphatic heterocycles. The van der Waals surface area contributed by atoms with Crippen molar-refractivity contribution < 1.29 is 9.53 Å². The lowest BCUT2D eigenvalue weighted by Crippen LogP contribution is -1.97. The van der Waals surface area contributed by atoms with E-state index >= 15 is 0 Å². The highest BCUT2D eigenvalue weighted by Crippen LogP contribution is 2.16. The SMILES string of the molecule is C=C(C)C(=O)CCCCCCCCCCCCCCCCCCCCCCCCCCCCCCOC. The zero-order valence-corrected chi connectivity index (χ0v) is 25.7. The summed E-state index contributed by atoms with van der Waals surface area (Å²) in [5, 5.41) is 0. The lowest BCUT2D eigenvalue weighted by molar-refractivity contribution is -0.115. The van der Waals surface area contributed by atoms with Gasteiger partial charge in [0.15, 0.2) is 5.78 Å². The van der Waals surface area contributed by atoms with E-state index in [9.17, 15) is 4.79 Å². The molecule has 0 bridgehead atoms. The molecule has 37 heavy (non-hydrogen) atoms. The fraction of sp³-hybridized carbons (Fsp3) is 0.914. The third kappa shape index (κ3) is 31.5. The molecular weight excluding hydrogens is 452 g/mol. The number of allylic oxidation sites excluding steroid dienone is 1. The van der Waals surface area contributed by atoms with Crippen LogP contribution in [0.15, 0.2) is 12.2 Å². The van der Waals surface area contributed by atoms with Gasteiger partial charge in [-0.1, -0.05) is 174 Å². The van der Waals surface area contributed by atoms with Gasteiger partial charge in [0.25, 0.3) is 0 Å². The van der Waals surface area contributed by atoms with E-state index in [-0.39, 0.29) is 5.78 Å². The fourth-order valence-electron chi connectivity index (χ4n) is 5.34. The molecule has 2 heteroatoms. The molecule has 0 radical (unpaired) electrons. The number of carbonyl (C=O) groups excluding carboxylic acids is 1. The molecule has 2 nitrogen and oxygen atoms in total. The number of ether oxygens (including phenoxy) is 1. The molecule has 0 atom stereocenters. The second-order valence-corrected chi connectivity index (χ2v) is 11.8. The van der Waals surface area contributed by atoms with Crippen LogP contribution in [0.2, 0.25) is 0 Å². The Hall–Kier alpha value is -0.630. The highest BCUT2D eigenvalue weighted by Gasteiger charge is 2.01. The van der Waals surface area contributed by atoms with Gasteiger partial charge in [0.2, 0.25) is 0 Å². The minimum absolute atomic E-state index is 0.248. The number of rotatable bonds is 32. The van der Waals surface area contributed by atoms with E-state index in [1.807, 2.05) is 6.92 Å². The van der Waals surface area contributed by atoms with E-state index in [4.69, 9.17) is 4.74 Å². The van der Waals surface area contributed by atoms with E-state index in [0.717, 1.165) is 13.0 Å². The summed E-state index contributed by atoms with van der Waals surface area (Å²) in [5.41, 5.74) is 0.716. The summed E-state index contributed by atoms with van der Waals surface area (Å²) in [5.74, 6) is 0.248. The van der Waals surface area contributed by atoms with Crippen molar-refractivity contribution >= 4 is 5.78 Å². The second-order valence-electron chi connectivity index (χ2n) is 11.8. The number of methoxy groups -OCH3 is 1. The minimum atomic E-state index is 0.248. The summed E-state index contributed by atoms with van der Waals surface area (Å²) in [7, 11) is 1.80. The van der Waals surface area contributed by atoms with Gasteiger partial charge in [-0.15, -0.1) is 0 Å². The van der Waals surface area contributed by atoms with Crippen LogP contribution >= 0.6 is 0 Å². The Morgan fingerprint density at radius 3 is 0.865 bits per heavy atom. The first-order valence-corrected chi connectivity index (χ1v) is 16.9. The molecule has 0 unspecified atom stereocenters. The molecule has 0 aromatic rings. The maximum atomic E-state index is 11.5. The van der Waals surface area contributed by atoms with Crippen molar-refractivity contribution in [2.75, 3.05) is 13.7 Å². The molecule has 0 rings (SSSR count). The van der Waals surface area contributed by atoms with Gasteiger partial charge in [-0.05, 0) is 25.3 Å². The van der Waals surface area contributed by atoms with Gasteiger partial charge in [0.05, 0.1) is 0 Å². The molecule has 0 aliphatic carbocycles. The highest BCUT2D eigenvalue weighted by atomic mass is 16.5. The molecule has 0 aliphatic rings. The molecule has 0 saturated heterocycles. The van der Waals surface area contributed by atoms with Crippen LogP contribution in [-0.2, 0) is 9.53 Å². The first kappa shape index (κ1) is 36.4. The van der Waals surface area contributed by atoms with E-state index in [0.29, 0.717) is 12.0 Å². The number of ketones is 1. The predicted molar refractivity (Wildman–Crippen MR) is 166 cm³/mol. The van der Waals surface area contributed by atoms with Gasteiger partial charge < -0.3 is 4.74 Å². The quantitative estimate of drug-likeness (QED) is 0.0651. The van der Waals surface area contributed by atoms with Gasteiger partial charge in [0, 0.05) is 20.1 Å². The highest BCUT2D eigenvalue weighted by molar-refractivity contribution is 5.93. The summed E-state index contributed by atoms with van der Waals surface area (Å²) < 4.78 is 5.10.